The molecule has 2 amide bonds. The van der Waals surface area contributed by atoms with Gasteiger partial charge in [0.2, 0.25) is 11.8 Å². The maximum Gasteiger partial charge on any atom is 0.264 e. The largest absolute Gasteiger partial charge is 0.352 e. The Morgan fingerprint density at radius 3 is 2.16 bits per heavy atom. The van der Waals surface area contributed by atoms with E-state index in [-0.39, 0.29) is 35.5 Å². The molecule has 1 atom stereocenters. The third-order valence-corrected chi connectivity index (χ3v) is 11.5. The van der Waals surface area contributed by atoms with Crippen LogP contribution in [0.15, 0.2) is 95.9 Å². The molecular weight excluding hydrogens is 701 g/mol. The fraction of sp³-hybridized carbons (Fsp3) is 0.316. The molecule has 1 aliphatic rings. The number of anilines is 1. The van der Waals surface area contributed by atoms with E-state index in [1.165, 1.54) is 23.1 Å². The minimum Gasteiger partial charge on any atom is -0.352 e. The number of benzene rings is 4. The van der Waals surface area contributed by atoms with E-state index in [9.17, 15) is 18.0 Å². The molecule has 1 fully saturated rings. The van der Waals surface area contributed by atoms with Gasteiger partial charge < -0.3 is 10.2 Å². The number of carbonyl (C=O) groups is 2. The topological polar surface area (TPSA) is 86.8 Å². The monoisotopic (exact) mass is 739 g/mol. The van der Waals surface area contributed by atoms with Crippen molar-refractivity contribution in [2.75, 3.05) is 10.8 Å². The molecule has 0 spiro atoms. The number of halogens is 3. The fourth-order valence-electron chi connectivity index (χ4n) is 6.13. The number of carbonyl (C=O) groups excluding carboxylic acids is 2. The molecule has 0 unspecified atom stereocenters. The van der Waals surface area contributed by atoms with E-state index in [1.807, 2.05) is 37.3 Å². The van der Waals surface area contributed by atoms with Gasteiger partial charge in [0.15, 0.2) is 0 Å². The minimum absolute atomic E-state index is 0.0110. The standard InChI is InChI=1S/C38H40Cl3N3O4S/c1-26-13-19-33(20-14-26)49(47,48)44(35-23-31(40)17-15-27(35)2)25-37(45)43(24-29-16-18-30(39)22-34(29)41)36(21-28-9-5-3-6-10-28)38(46)42-32-11-7-4-8-12-32/h3,5-6,9-10,13-20,22-23,32,36H,4,7-8,11-12,21,24-25H2,1-2H3,(H,42,46)/t36-/m0/s1. The van der Waals surface area contributed by atoms with E-state index in [0.29, 0.717) is 26.2 Å². The van der Waals surface area contributed by atoms with E-state index in [2.05, 4.69) is 5.32 Å². The molecule has 4 aromatic rings. The molecule has 1 saturated carbocycles. The molecule has 1 N–H and O–H groups in total. The first kappa shape index (κ1) is 36.7. The van der Waals surface area contributed by atoms with Crippen LogP contribution in [0.2, 0.25) is 15.1 Å². The molecule has 0 radical (unpaired) electrons. The maximum atomic E-state index is 14.8. The molecule has 0 heterocycles. The molecule has 7 nitrogen and oxygen atoms in total. The second kappa shape index (κ2) is 16.4. The second-order valence-corrected chi connectivity index (χ2v) is 15.7. The van der Waals surface area contributed by atoms with Gasteiger partial charge in [0.1, 0.15) is 12.6 Å². The SMILES string of the molecule is Cc1ccc(S(=O)(=O)N(CC(=O)N(Cc2ccc(Cl)cc2Cl)[C@@H](Cc2ccccc2)C(=O)NC2CCCCC2)c2cc(Cl)ccc2C)cc1. The predicted octanol–water partition coefficient (Wildman–Crippen LogP) is 8.55. The molecule has 0 aliphatic heterocycles. The minimum atomic E-state index is -4.27. The van der Waals surface area contributed by atoms with Crippen LogP contribution in [0.1, 0.15) is 54.4 Å². The maximum absolute atomic E-state index is 14.8. The van der Waals surface area contributed by atoms with Crippen LogP contribution >= 0.6 is 34.8 Å². The highest BCUT2D eigenvalue weighted by molar-refractivity contribution is 7.92. The highest BCUT2D eigenvalue weighted by Gasteiger charge is 2.36. The molecule has 49 heavy (non-hydrogen) atoms. The Kier molecular flexibility index (Phi) is 12.3. The lowest BCUT2D eigenvalue weighted by atomic mass is 9.94. The Hall–Kier alpha value is -3.56. The number of hydrogen-bond donors (Lipinski definition) is 1. The molecule has 0 aromatic heterocycles. The summed E-state index contributed by atoms with van der Waals surface area (Å²) in [7, 11) is -4.27. The van der Waals surface area contributed by atoms with Crippen LogP contribution in [0.4, 0.5) is 5.69 Å². The first-order valence-electron chi connectivity index (χ1n) is 16.4. The summed E-state index contributed by atoms with van der Waals surface area (Å²) in [5.74, 6) is -0.887. The van der Waals surface area contributed by atoms with Crippen LogP contribution in [0.25, 0.3) is 0 Å². The first-order valence-corrected chi connectivity index (χ1v) is 18.9. The van der Waals surface area contributed by atoms with Gasteiger partial charge in [-0.1, -0.05) is 114 Å². The lowest BCUT2D eigenvalue weighted by Crippen LogP contribution is -2.55. The number of aryl methyl sites for hydroxylation is 2. The number of nitrogens with zero attached hydrogens (tertiary/aromatic N) is 2. The molecule has 11 heteroatoms. The van der Waals surface area contributed by atoms with Crippen molar-refractivity contribution in [2.24, 2.45) is 0 Å². The van der Waals surface area contributed by atoms with E-state index in [4.69, 9.17) is 34.8 Å². The van der Waals surface area contributed by atoms with Crippen molar-refractivity contribution in [1.29, 1.82) is 0 Å². The summed E-state index contributed by atoms with van der Waals surface area (Å²) < 4.78 is 29.8. The van der Waals surface area contributed by atoms with E-state index < -0.39 is 28.5 Å². The lowest BCUT2D eigenvalue weighted by Gasteiger charge is -2.35. The van der Waals surface area contributed by atoms with Crippen LogP contribution in [0, 0.1) is 13.8 Å². The quantitative estimate of drug-likeness (QED) is 0.158. The van der Waals surface area contributed by atoms with Gasteiger partial charge in [0.05, 0.1) is 10.6 Å². The highest BCUT2D eigenvalue weighted by Crippen LogP contribution is 2.31. The van der Waals surface area contributed by atoms with Crippen molar-refractivity contribution in [1.82, 2.24) is 10.2 Å². The average Bonchev–Trinajstić information content (AvgIpc) is 3.08. The van der Waals surface area contributed by atoms with Gasteiger partial charge in [-0.3, -0.25) is 13.9 Å². The second-order valence-electron chi connectivity index (χ2n) is 12.6. The number of amides is 2. The molecule has 0 saturated heterocycles. The van der Waals surface area contributed by atoms with Crippen LogP contribution in [-0.4, -0.2) is 43.8 Å². The zero-order valence-corrected chi connectivity index (χ0v) is 30.6. The van der Waals surface area contributed by atoms with Crippen LogP contribution < -0.4 is 9.62 Å². The zero-order valence-electron chi connectivity index (χ0n) is 27.5. The van der Waals surface area contributed by atoms with Crippen molar-refractivity contribution >= 4 is 62.3 Å². The first-order chi connectivity index (χ1) is 23.4. The van der Waals surface area contributed by atoms with Gasteiger partial charge in [0.25, 0.3) is 10.0 Å². The smallest absolute Gasteiger partial charge is 0.264 e. The summed E-state index contributed by atoms with van der Waals surface area (Å²) >= 11 is 19.2. The number of hydrogen-bond acceptors (Lipinski definition) is 4. The van der Waals surface area contributed by atoms with E-state index in [1.54, 1.807) is 49.4 Å². The van der Waals surface area contributed by atoms with Crippen LogP contribution in [0.5, 0.6) is 0 Å². The normalized spacial score (nSPS) is 14.2. The van der Waals surface area contributed by atoms with E-state index in [0.717, 1.165) is 47.5 Å². The predicted molar refractivity (Wildman–Crippen MR) is 198 cm³/mol. The summed E-state index contributed by atoms with van der Waals surface area (Å²) in [4.78, 5) is 30.6. The molecule has 4 aromatic carbocycles. The fourth-order valence-corrected chi connectivity index (χ4v) is 8.24. The molecule has 258 valence electrons. The Bertz CT molecular complexity index is 1880. The summed E-state index contributed by atoms with van der Waals surface area (Å²) in [5.41, 5.74) is 3.17. The van der Waals surface area contributed by atoms with Crippen molar-refractivity contribution < 1.29 is 18.0 Å². The Balaban J connectivity index is 1.60. The molecule has 5 rings (SSSR count). The molecule has 0 bridgehead atoms. The number of nitrogens with one attached hydrogen (secondary N) is 1. The van der Waals surface area contributed by atoms with Crippen LogP contribution in [-0.2, 0) is 32.6 Å². The third-order valence-electron chi connectivity index (χ3n) is 8.91. The molecular formula is C38H40Cl3N3O4S. The lowest BCUT2D eigenvalue weighted by molar-refractivity contribution is -0.140. The Morgan fingerprint density at radius 2 is 1.49 bits per heavy atom. The number of sulfonamides is 1. The molecule has 1 aliphatic carbocycles. The van der Waals surface area contributed by atoms with Crippen molar-refractivity contribution in [3.63, 3.8) is 0 Å². The van der Waals surface area contributed by atoms with Gasteiger partial charge in [-0.2, -0.15) is 0 Å². The van der Waals surface area contributed by atoms with Gasteiger partial charge in [0, 0.05) is 34.1 Å². The Labute approximate surface area is 304 Å². The third kappa shape index (κ3) is 9.37. The van der Waals surface area contributed by atoms with Gasteiger partial charge in [-0.25, -0.2) is 8.42 Å². The van der Waals surface area contributed by atoms with Crippen molar-refractivity contribution in [3.05, 3.63) is 128 Å². The van der Waals surface area contributed by atoms with Crippen molar-refractivity contribution in [2.45, 2.75) is 75.9 Å². The van der Waals surface area contributed by atoms with Gasteiger partial charge in [-0.05, 0) is 79.8 Å². The summed E-state index contributed by atoms with van der Waals surface area (Å²) in [6.07, 6.45) is 5.07. The van der Waals surface area contributed by atoms with E-state index >= 15 is 0 Å². The van der Waals surface area contributed by atoms with Crippen LogP contribution in [0.3, 0.4) is 0 Å². The zero-order chi connectivity index (χ0) is 35.1. The number of rotatable bonds is 12. The summed E-state index contributed by atoms with van der Waals surface area (Å²) in [6, 6.07) is 24.8. The van der Waals surface area contributed by atoms with Crippen molar-refractivity contribution in [3.8, 4) is 0 Å². The summed E-state index contributed by atoms with van der Waals surface area (Å²) in [6.45, 7) is 2.97. The van der Waals surface area contributed by atoms with Gasteiger partial charge in [-0.15, -0.1) is 0 Å². The van der Waals surface area contributed by atoms with Gasteiger partial charge >= 0.3 is 0 Å². The summed E-state index contributed by atoms with van der Waals surface area (Å²) in [5, 5.41) is 4.28. The highest BCUT2D eigenvalue weighted by atomic mass is 35.5. The Morgan fingerprint density at radius 1 is 0.837 bits per heavy atom. The average molecular weight is 741 g/mol.